The van der Waals surface area contributed by atoms with Gasteiger partial charge in [-0.15, -0.1) is 0 Å². The van der Waals surface area contributed by atoms with Crippen molar-refractivity contribution in [1.82, 2.24) is 4.72 Å². The standard InChI is InChI=1S/C15H25NO2S/c1-8-9(2)16-19(17,18)15-13(6)11(4)10(3)12(5)14(15)7/h9,16H,8H2,1-7H3. The molecular formula is C15H25NO2S. The first-order valence-electron chi connectivity index (χ1n) is 6.72. The van der Waals surface area contributed by atoms with Gasteiger partial charge >= 0.3 is 0 Å². The Labute approximate surface area is 117 Å². The molecule has 1 atom stereocenters. The largest absolute Gasteiger partial charge is 0.241 e. The first-order chi connectivity index (χ1) is 8.63. The van der Waals surface area contributed by atoms with Gasteiger partial charge in [-0.3, -0.25) is 0 Å². The van der Waals surface area contributed by atoms with Crippen molar-refractivity contribution < 1.29 is 8.42 Å². The van der Waals surface area contributed by atoms with E-state index in [1.807, 2.05) is 48.5 Å². The van der Waals surface area contributed by atoms with Crippen molar-refractivity contribution in [1.29, 1.82) is 0 Å². The summed E-state index contributed by atoms with van der Waals surface area (Å²) in [5.41, 5.74) is 5.02. The second-order valence-corrected chi connectivity index (χ2v) is 7.04. The highest BCUT2D eigenvalue weighted by Crippen LogP contribution is 2.29. The number of nitrogens with one attached hydrogen (secondary N) is 1. The van der Waals surface area contributed by atoms with Crippen molar-refractivity contribution in [3.63, 3.8) is 0 Å². The molecule has 0 aliphatic carbocycles. The minimum atomic E-state index is -3.44. The summed E-state index contributed by atoms with van der Waals surface area (Å²) in [7, 11) is -3.44. The van der Waals surface area contributed by atoms with E-state index in [1.54, 1.807) is 0 Å². The van der Waals surface area contributed by atoms with Crippen LogP contribution in [0.15, 0.2) is 4.90 Å². The van der Waals surface area contributed by atoms with E-state index in [4.69, 9.17) is 0 Å². The SMILES string of the molecule is CCC(C)NS(=O)(=O)c1c(C)c(C)c(C)c(C)c1C. The van der Waals surface area contributed by atoms with Gasteiger partial charge in [0.05, 0.1) is 4.90 Å². The normalized spacial score (nSPS) is 13.6. The Bertz CT molecular complexity index is 560. The average Bonchev–Trinajstić information content (AvgIpc) is 2.33. The van der Waals surface area contributed by atoms with Crippen molar-refractivity contribution in [2.45, 2.75) is 65.8 Å². The van der Waals surface area contributed by atoms with Crippen LogP contribution in [0.5, 0.6) is 0 Å². The van der Waals surface area contributed by atoms with E-state index in [0.29, 0.717) is 4.90 Å². The number of hydrogen-bond acceptors (Lipinski definition) is 2. The van der Waals surface area contributed by atoms with E-state index in [1.165, 1.54) is 5.56 Å². The molecule has 0 bridgehead atoms. The molecular weight excluding hydrogens is 258 g/mol. The van der Waals surface area contributed by atoms with E-state index >= 15 is 0 Å². The van der Waals surface area contributed by atoms with Gasteiger partial charge in [-0.2, -0.15) is 0 Å². The first-order valence-corrected chi connectivity index (χ1v) is 8.21. The molecule has 108 valence electrons. The number of hydrogen-bond donors (Lipinski definition) is 1. The van der Waals surface area contributed by atoms with Gasteiger partial charge < -0.3 is 0 Å². The molecule has 0 spiro atoms. The Balaban J connectivity index is 3.52. The van der Waals surface area contributed by atoms with Gasteiger partial charge in [0, 0.05) is 6.04 Å². The zero-order valence-electron chi connectivity index (χ0n) is 13.0. The maximum Gasteiger partial charge on any atom is 0.241 e. The molecule has 0 heterocycles. The third-order valence-electron chi connectivity index (χ3n) is 4.17. The van der Waals surface area contributed by atoms with Crippen LogP contribution in [0, 0.1) is 34.6 Å². The number of benzene rings is 1. The topological polar surface area (TPSA) is 46.2 Å². The van der Waals surface area contributed by atoms with Gasteiger partial charge in [0.15, 0.2) is 0 Å². The van der Waals surface area contributed by atoms with Gasteiger partial charge in [0.1, 0.15) is 0 Å². The lowest BCUT2D eigenvalue weighted by molar-refractivity contribution is 0.554. The highest BCUT2D eigenvalue weighted by Gasteiger charge is 2.24. The van der Waals surface area contributed by atoms with Crippen LogP contribution in [0.4, 0.5) is 0 Å². The Kier molecular flexibility index (Phi) is 4.80. The molecule has 0 aromatic heterocycles. The van der Waals surface area contributed by atoms with Crippen LogP contribution < -0.4 is 4.72 Å². The molecule has 19 heavy (non-hydrogen) atoms. The second kappa shape index (κ2) is 5.63. The minimum Gasteiger partial charge on any atom is -0.208 e. The second-order valence-electron chi connectivity index (χ2n) is 5.38. The fraction of sp³-hybridized carbons (Fsp3) is 0.600. The summed E-state index contributed by atoms with van der Waals surface area (Å²) < 4.78 is 27.8. The molecule has 1 rings (SSSR count). The van der Waals surface area contributed by atoms with Gasteiger partial charge in [-0.25, -0.2) is 13.1 Å². The summed E-state index contributed by atoms with van der Waals surface area (Å²) in [4.78, 5) is 0.452. The maximum absolute atomic E-state index is 12.5. The molecule has 0 amide bonds. The van der Waals surface area contributed by atoms with Crippen LogP contribution in [-0.4, -0.2) is 14.5 Å². The van der Waals surface area contributed by atoms with Crippen LogP contribution in [0.2, 0.25) is 0 Å². The fourth-order valence-electron chi connectivity index (χ4n) is 2.28. The molecule has 0 aliphatic rings. The van der Waals surface area contributed by atoms with Crippen LogP contribution in [0.3, 0.4) is 0 Å². The molecule has 0 radical (unpaired) electrons. The molecule has 3 nitrogen and oxygen atoms in total. The summed E-state index contributed by atoms with van der Waals surface area (Å²) >= 11 is 0. The predicted molar refractivity (Wildman–Crippen MR) is 80.2 cm³/mol. The van der Waals surface area contributed by atoms with Gasteiger partial charge in [-0.05, 0) is 75.8 Å². The quantitative estimate of drug-likeness (QED) is 0.921. The van der Waals surface area contributed by atoms with Crippen LogP contribution in [0.25, 0.3) is 0 Å². The predicted octanol–water partition coefficient (Wildman–Crippen LogP) is 3.31. The van der Waals surface area contributed by atoms with Crippen LogP contribution in [0.1, 0.15) is 48.1 Å². The monoisotopic (exact) mass is 283 g/mol. The molecule has 0 aliphatic heterocycles. The van der Waals surface area contributed by atoms with Crippen molar-refractivity contribution in [2.75, 3.05) is 0 Å². The third-order valence-corrected chi connectivity index (χ3v) is 6.03. The molecule has 1 unspecified atom stereocenters. The third kappa shape index (κ3) is 3.00. The van der Waals surface area contributed by atoms with Crippen LogP contribution in [-0.2, 0) is 10.0 Å². The lowest BCUT2D eigenvalue weighted by Gasteiger charge is -2.20. The highest BCUT2D eigenvalue weighted by atomic mass is 32.2. The fourth-order valence-corrected chi connectivity index (χ4v) is 4.20. The van der Waals surface area contributed by atoms with Crippen molar-refractivity contribution in [3.8, 4) is 0 Å². The van der Waals surface area contributed by atoms with E-state index < -0.39 is 10.0 Å². The molecule has 0 fully saturated rings. The Hall–Kier alpha value is -0.870. The minimum absolute atomic E-state index is 0.0503. The van der Waals surface area contributed by atoms with Gasteiger partial charge in [0.25, 0.3) is 0 Å². The first kappa shape index (κ1) is 16.2. The van der Waals surface area contributed by atoms with Gasteiger partial charge in [0.2, 0.25) is 10.0 Å². The van der Waals surface area contributed by atoms with E-state index in [2.05, 4.69) is 4.72 Å². The van der Waals surface area contributed by atoms with Crippen molar-refractivity contribution in [2.24, 2.45) is 0 Å². The Morgan fingerprint density at radius 2 is 1.26 bits per heavy atom. The zero-order chi connectivity index (χ0) is 15.0. The van der Waals surface area contributed by atoms with E-state index in [-0.39, 0.29) is 6.04 Å². The lowest BCUT2D eigenvalue weighted by atomic mass is 9.95. The van der Waals surface area contributed by atoms with Crippen molar-refractivity contribution >= 4 is 10.0 Å². The molecule has 1 aromatic rings. The highest BCUT2D eigenvalue weighted by molar-refractivity contribution is 7.89. The maximum atomic E-state index is 12.5. The summed E-state index contributed by atoms with van der Waals surface area (Å²) in [6.07, 6.45) is 0.779. The molecule has 1 aromatic carbocycles. The molecule has 4 heteroatoms. The summed E-state index contributed by atoms with van der Waals surface area (Å²) in [6.45, 7) is 13.6. The number of sulfonamides is 1. The number of rotatable bonds is 4. The molecule has 0 saturated carbocycles. The Morgan fingerprint density at radius 3 is 1.63 bits per heavy atom. The zero-order valence-corrected chi connectivity index (χ0v) is 13.8. The van der Waals surface area contributed by atoms with E-state index in [0.717, 1.165) is 28.7 Å². The summed E-state index contributed by atoms with van der Waals surface area (Å²) in [5.74, 6) is 0. The van der Waals surface area contributed by atoms with E-state index in [9.17, 15) is 8.42 Å². The molecule has 1 N–H and O–H groups in total. The van der Waals surface area contributed by atoms with Crippen LogP contribution >= 0.6 is 0 Å². The summed E-state index contributed by atoms with van der Waals surface area (Å²) in [5, 5.41) is 0. The lowest BCUT2D eigenvalue weighted by Crippen LogP contribution is -2.33. The summed E-state index contributed by atoms with van der Waals surface area (Å²) in [6, 6.07) is -0.0503. The molecule has 0 saturated heterocycles. The van der Waals surface area contributed by atoms with Crippen molar-refractivity contribution in [3.05, 3.63) is 27.8 Å². The average molecular weight is 283 g/mol. The van der Waals surface area contributed by atoms with Gasteiger partial charge in [-0.1, -0.05) is 6.92 Å². The Morgan fingerprint density at radius 1 is 0.895 bits per heavy atom. The smallest absolute Gasteiger partial charge is 0.208 e.